The van der Waals surface area contributed by atoms with Gasteiger partial charge in [-0.05, 0) is 80.4 Å². The molecule has 0 unspecified atom stereocenters. The van der Waals surface area contributed by atoms with Gasteiger partial charge in [0.15, 0.2) is 0 Å². The van der Waals surface area contributed by atoms with E-state index in [-0.39, 0.29) is 0 Å². The van der Waals surface area contributed by atoms with Gasteiger partial charge in [-0.25, -0.2) is 0 Å². The van der Waals surface area contributed by atoms with Crippen LogP contribution in [-0.2, 0) is 6.42 Å². The highest BCUT2D eigenvalue weighted by Gasteiger charge is 2.26. The molecule has 2 fully saturated rings. The summed E-state index contributed by atoms with van der Waals surface area (Å²) in [5.74, 6) is 0.816. The van der Waals surface area contributed by atoms with E-state index in [1.807, 2.05) is 20.0 Å². The first-order chi connectivity index (χ1) is 13.9. The lowest BCUT2D eigenvalue weighted by atomic mass is 10.0. The summed E-state index contributed by atoms with van der Waals surface area (Å²) < 4.78 is 0. The molecule has 1 aromatic carbocycles. The maximum Gasteiger partial charge on any atom is 0.0632 e. The zero-order valence-electron chi connectivity index (χ0n) is 18.1. The Hall–Kier alpha value is -1.81. The summed E-state index contributed by atoms with van der Waals surface area (Å²) in [7, 11) is 4.50. The van der Waals surface area contributed by atoms with Crippen molar-refractivity contribution >= 4 is 19.2 Å². The van der Waals surface area contributed by atoms with E-state index in [1.165, 1.54) is 55.0 Å². The van der Waals surface area contributed by atoms with Crippen molar-refractivity contribution in [3.63, 3.8) is 0 Å². The Balaban J connectivity index is 0.000000660. The van der Waals surface area contributed by atoms with Crippen LogP contribution in [0, 0.1) is 0 Å². The fourth-order valence-corrected chi connectivity index (χ4v) is 3.87. The third-order valence-electron chi connectivity index (χ3n) is 5.42. The minimum atomic E-state index is 0.549. The van der Waals surface area contributed by atoms with Crippen molar-refractivity contribution in [2.24, 2.45) is 0 Å². The van der Waals surface area contributed by atoms with Gasteiger partial charge in [0.25, 0.3) is 0 Å². The van der Waals surface area contributed by atoms with E-state index in [1.54, 1.807) is 0 Å². The number of pyridine rings is 1. The van der Waals surface area contributed by atoms with E-state index in [9.17, 15) is 0 Å². The number of nitrogens with zero attached hydrogens (tertiary/aromatic N) is 2. The number of aryl methyl sites for hydroxylation is 1. The third-order valence-corrected chi connectivity index (χ3v) is 5.42. The minimum absolute atomic E-state index is 0.549. The van der Waals surface area contributed by atoms with Gasteiger partial charge >= 0.3 is 0 Å². The van der Waals surface area contributed by atoms with Crippen LogP contribution >= 0.6 is 0 Å². The summed E-state index contributed by atoms with van der Waals surface area (Å²) >= 11 is 0. The number of aromatic nitrogens is 1. The van der Waals surface area contributed by atoms with E-state index in [4.69, 9.17) is 0 Å². The second-order valence-electron chi connectivity index (χ2n) is 7.07. The molecule has 1 saturated heterocycles. The number of hydrogen-bond donors (Lipinski definition) is 1. The summed E-state index contributed by atoms with van der Waals surface area (Å²) in [5.41, 5.74) is 5.49. The first kappa shape index (κ1) is 22.5. The molecule has 3 nitrogen and oxygen atoms in total. The van der Waals surface area contributed by atoms with Crippen LogP contribution in [-0.4, -0.2) is 32.0 Å². The molecule has 2 aromatic rings. The maximum atomic E-state index is 4.50. The van der Waals surface area contributed by atoms with Crippen LogP contribution < -0.4 is 10.2 Å². The summed E-state index contributed by atoms with van der Waals surface area (Å²) in [5, 5.41) is 3.49. The highest BCUT2D eigenvalue weighted by atomic mass is 15.2. The Bertz CT molecular complexity index is 677. The summed E-state index contributed by atoms with van der Waals surface area (Å²) in [6.45, 7) is 9.93. The van der Waals surface area contributed by atoms with Crippen molar-refractivity contribution in [1.82, 2.24) is 10.3 Å². The van der Waals surface area contributed by atoms with Crippen molar-refractivity contribution in [2.45, 2.75) is 71.7 Å². The molecule has 0 bridgehead atoms. The second kappa shape index (κ2) is 11.9. The first-order valence-electron chi connectivity index (χ1n) is 11.0. The average Bonchev–Trinajstić information content (AvgIpc) is 3.64. The van der Waals surface area contributed by atoms with Crippen LogP contribution in [0.1, 0.15) is 63.5 Å². The molecule has 0 atom stereocenters. The van der Waals surface area contributed by atoms with Crippen molar-refractivity contribution < 1.29 is 0 Å². The molecule has 4 heteroatoms. The van der Waals surface area contributed by atoms with Gasteiger partial charge in [-0.15, -0.1) is 0 Å². The van der Waals surface area contributed by atoms with Gasteiger partial charge in [-0.2, -0.15) is 0 Å². The van der Waals surface area contributed by atoms with Crippen molar-refractivity contribution in [2.75, 3.05) is 18.0 Å². The standard InChI is InChI=1S/C21H27N3.C2H6.CH3B/c1-2-16-9-12-23-15-21(16)24(20-10-13-22-14-11-20)19-7-5-18(6-8-19)17-3-4-17;2*1-2/h5-9,12,15,17,20,22H,2-4,10-11,13-14H2,1H3;1-2H3;1H3. The van der Waals surface area contributed by atoms with E-state index in [2.05, 4.69) is 66.5 Å². The lowest BCUT2D eigenvalue weighted by Gasteiger charge is -2.37. The fraction of sp³-hybridized carbons (Fsp3) is 0.542. The lowest BCUT2D eigenvalue weighted by molar-refractivity contribution is 0.451. The minimum Gasteiger partial charge on any atom is -0.337 e. The van der Waals surface area contributed by atoms with Gasteiger partial charge in [-0.3, -0.25) is 4.98 Å². The SMILES string of the molecule is CC.CCc1ccncc1N(c1ccc(C2CC2)cc1)C1CCNCC1.[B]C. The second-order valence-corrected chi connectivity index (χ2v) is 7.07. The topological polar surface area (TPSA) is 28.2 Å². The number of nitrogens with one attached hydrogen (secondary N) is 1. The number of anilines is 2. The van der Waals surface area contributed by atoms with Crippen LogP contribution in [0.5, 0.6) is 0 Å². The van der Waals surface area contributed by atoms with Gasteiger partial charge in [-0.1, -0.05) is 39.7 Å². The van der Waals surface area contributed by atoms with Gasteiger partial charge in [0.2, 0.25) is 0 Å². The van der Waals surface area contributed by atoms with Crippen LogP contribution in [0.2, 0.25) is 6.82 Å². The molecule has 2 heterocycles. The largest absolute Gasteiger partial charge is 0.337 e. The van der Waals surface area contributed by atoms with Crippen LogP contribution in [0.4, 0.5) is 11.4 Å². The maximum absolute atomic E-state index is 4.50. The van der Waals surface area contributed by atoms with Gasteiger partial charge < -0.3 is 10.2 Å². The van der Waals surface area contributed by atoms with Gasteiger partial charge in [0, 0.05) is 17.9 Å². The molecule has 1 saturated carbocycles. The molecule has 150 valence electrons. The smallest absolute Gasteiger partial charge is 0.0632 e. The number of piperidine rings is 1. The average molecular weight is 377 g/mol. The molecular weight excluding hydrogens is 341 g/mol. The molecule has 28 heavy (non-hydrogen) atoms. The third kappa shape index (κ3) is 5.60. The van der Waals surface area contributed by atoms with E-state index < -0.39 is 0 Å². The van der Waals surface area contributed by atoms with Crippen LogP contribution in [0.15, 0.2) is 42.7 Å². The summed E-state index contributed by atoms with van der Waals surface area (Å²) in [4.78, 5) is 6.98. The lowest BCUT2D eigenvalue weighted by Crippen LogP contribution is -2.41. The normalized spacial score (nSPS) is 16.3. The molecule has 2 radical (unpaired) electrons. The molecule has 2 aliphatic rings. The molecule has 1 N–H and O–H groups in total. The Morgan fingerprint density at radius 3 is 2.21 bits per heavy atom. The van der Waals surface area contributed by atoms with Gasteiger partial charge in [0.1, 0.15) is 0 Å². The Labute approximate surface area is 173 Å². The summed E-state index contributed by atoms with van der Waals surface area (Å²) in [6, 6.07) is 12.0. The zero-order valence-corrected chi connectivity index (χ0v) is 18.1. The molecule has 1 aliphatic carbocycles. The Morgan fingerprint density at radius 2 is 1.64 bits per heavy atom. The fourth-order valence-electron chi connectivity index (χ4n) is 3.87. The van der Waals surface area contributed by atoms with Gasteiger partial charge in [0.05, 0.1) is 19.7 Å². The Kier molecular flexibility index (Phi) is 9.56. The van der Waals surface area contributed by atoms with E-state index in [0.29, 0.717) is 6.04 Å². The Morgan fingerprint density at radius 1 is 1.00 bits per heavy atom. The highest BCUT2D eigenvalue weighted by molar-refractivity contribution is 6.05. The first-order valence-corrected chi connectivity index (χ1v) is 11.0. The molecule has 0 amide bonds. The molecular formula is C24H36BN3. The van der Waals surface area contributed by atoms with Crippen molar-refractivity contribution in [3.05, 3.63) is 53.9 Å². The van der Waals surface area contributed by atoms with E-state index in [0.717, 1.165) is 25.4 Å². The number of hydrogen-bond acceptors (Lipinski definition) is 3. The predicted molar refractivity (Wildman–Crippen MR) is 123 cm³/mol. The zero-order chi connectivity index (χ0) is 20.4. The van der Waals surface area contributed by atoms with E-state index >= 15 is 0 Å². The van der Waals surface area contributed by atoms with Crippen LogP contribution in [0.25, 0.3) is 0 Å². The predicted octanol–water partition coefficient (Wildman–Crippen LogP) is 5.64. The highest BCUT2D eigenvalue weighted by Crippen LogP contribution is 2.41. The monoisotopic (exact) mass is 377 g/mol. The van der Waals surface area contributed by atoms with Crippen molar-refractivity contribution in [1.29, 1.82) is 0 Å². The number of rotatable bonds is 5. The van der Waals surface area contributed by atoms with Crippen LogP contribution in [0.3, 0.4) is 0 Å². The molecule has 1 aliphatic heterocycles. The summed E-state index contributed by atoms with van der Waals surface area (Å²) in [6.07, 6.45) is 10.1. The van der Waals surface area contributed by atoms with Crippen molar-refractivity contribution in [3.8, 4) is 0 Å². The molecule has 0 spiro atoms. The molecule has 4 rings (SSSR count). The molecule has 1 aromatic heterocycles. The quantitative estimate of drug-likeness (QED) is 0.684. The number of benzene rings is 1.